The molecule has 0 aliphatic carbocycles. The van der Waals surface area contributed by atoms with Crippen LogP contribution < -0.4 is 10.6 Å². The van der Waals surface area contributed by atoms with E-state index in [0.717, 1.165) is 29.7 Å². The van der Waals surface area contributed by atoms with Crippen LogP contribution in [0.3, 0.4) is 0 Å². The maximum absolute atomic E-state index is 13.3. The fourth-order valence-corrected chi connectivity index (χ4v) is 5.17. The molecule has 2 N–H and O–H groups in total. The number of hydrogen-bond acceptors (Lipinski definition) is 5. The molecule has 9 nitrogen and oxygen atoms in total. The van der Waals surface area contributed by atoms with Crippen LogP contribution in [0.1, 0.15) is 36.6 Å². The van der Waals surface area contributed by atoms with E-state index < -0.39 is 4.92 Å². The van der Waals surface area contributed by atoms with Crippen LogP contribution in [0, 0.1) is 10.1 Å². The van der Waals surface area contributed by atoms with Crippen molar-refractivity contribution in [2.45, 2.75) is 45.3 Å². The second kappa shape index (κ2) is 14.9. The smallest absolute Gasteiger partial charge is 0.269 e. The topological polar surface area (TPSA) is 105 Å². The number of nitro benzene ring substituents is 1. The molecule has 0 spiro atoms. The van der Waals surface area contributed by atoms with Gasteiger partial charge in [-0.25, -0.2) is 4.98 Å². The highest BCUT2D eigenvalue weighted by atomic mass is 32.1. The minimum Gasteiger partial charge on any atom is -0.359 e. The van der Waals surface area contributed by atoms with E-state index in [0.29, 0.717) is 31.3 Å². The van der Waals surface area contributed by atoms with Crippen LogP contribution >= 0.6 is 12.2 Å². The summed E-state index contributed by atoms with van der Waals surface area (Å²) in [6, 6.07) is 20.8. The molecule has 4 aromatic rings. The Morgan fingerprint density at radius 3 is 2.67 bits per heavy atom. The van der Waals surface area contributed by atoms with Crippen LogP contribution in [0.15, 0.2) is 91.9 Å². The van der Waals surface area contributed by atoms with E-state index in [1.54, 1.807) is 30.7 Å². The lowest BCUT2D eigenvalue weighted by atomic mass is 10.0. The standard InChI is InChI=1S/C32H36N6O3S/c1-3-8-27(22-36(32(42)34-17-4-2)21-26-11-7-10-25-9-5-6-12-30(25)26)35-31(39)18-29-19-33-23-37(29)20-24-13-15-28(16-14-24)38(40)41/h4-7,9-16,19,23,27H,2-3,8,17-18,20-22H2,1H3,(H,34,42)(H,35,39)/t27-/m0/s1. The van der Waals surface area contributed by atoms with Gasteiger partial charge in [-0.05, 0) is 40.5 Å². The highest BCUT2D eigenvalue weighted by molar-refractivity contribution is 7.80. The molecule has 0 aliphatic heterocycles. The molecule has 0 fully saturated rings. The molecule has 0 bridgehead atoms. The number of rotatable bonds is 14. The predicted octanol–water partition coefficient (Wildman–Crippen LogP) is 5.38. The van der Waals surface area contributed by atoms with Crippen LogP contribution in [0.2, 0.25) is 0 Å². The zero-order chi connectivity index (χ0) is 29.9. The summed E-state index contributed by atoms with van der Waals surface area (Å²) in [5.74, 6) is -0.103. The summed E-state index contributed by atoms with van der Waals surface area (Å²) in [6.07, 6.45) is 6.98. The van der Waals surface area contributed by atoms with E-state index in [-0.39, 0.29) is 24.1 Å². The lowest BCUT2D eigenvalue weighted by Gasteiger charge is -2.31. The number of nitro groups is 1. The van der Waals surface area contributed by atoms with Gasteiger partial charge in [0.05, 0.1) is 17.7 Å². The Balaban J connectivity index is 1.45. The molecular formula is C32H36N6O3S. The third-order valence-electron chi connectivity index (χ3n) is 7.01. The van der Waals surface area contributed by atoms with Crippen LogP contribution in [-0.4, -0.2) is 49.5 Å². The third-order valence-corrected chi connectivity index (χ3v) is 7.41. The molecule has 0 aliphatic rings. The molecule has 1 atom stereocenters. The normalized spacial score (nSPS) is 11.5. The van der Waals surface area contributed by atoms with Crippen molar-refractivity contribution in [3.8, 4) is 0 Å². The summed E-state index contributed by atoms with van der Waals surface area (Å²) >= 11 is 5.78. The van der Waals surface area contributed by atoms with Crippen molar-refractivity contribution in [3.05, 3.63) is 119 Å². The molecule has 42 heavy (non-hydrogen) atoms. The van der Waals surface area contributed by atoms with E-state index >= 15 is 0 Å². The first kappa shape index (κ1) is 30.4. The summed E-state index contributed by atoms with van der Waals surface area (Å²) < 4.78 is 1.89. The summed E-state index contributed by atoms with van der Waals surface area (Å²) in [4.78, 5) is 30.2. The summed E-state index contributed by atoms with van der Waals surface area (Å²) in [7, 11) is 0. The predicted molar refractivity (Wildman–Crippen MR) is 170 cm³/mol. The summed E-state index contributed by atoms with van der Waals surface area (Å²) in [5.41, 5.74) is 2.85. The van der Waals surface area contributed by atoms with Gasteiger partial charge in [0, 0.05) is 56.2 Å². The van der Waals surface area contributed by atoms with Crippen LogP contribution in [0.5, 0.6) is 0 Å². The molecule has 1 amide bonds. The number of nitrogens with zero attached hydrogens (tertiary/aromatic N) is 4. The Morgan fingerprint density at radius 1 is 1.17 bits per heavy atom. The van der Waals surface area contributed by atoms with Gasteiger partial charge >= 0.3 is 0 Å². The van der Waals surface area contributed by atoms with Crippen molar-refractivity contribution in [1.29, 1.82) is 0 Å². The first-order chi connectivity index (χ1) is 20.4. The van der Waals surface area contributed by atoms with E-state index in [2.05, 4.69) is 64.4 Å². The van der Waals surface area contributed by atoms with Gasteiger partial charge < -0.3 is 20.1 Å². The second-order valence-electron chi connectivity index (χ2n) is 10.2. The molecule has 4 rings (SSSR count). The Labute approximate surface area is 251 Å². The minimum atomic E-state index is -0.422. The minimum absolute atomic E-state index is 0.0413. The van der Waals surface area contributed by atoms with Gasteiger partial charge in [-0.15, -0.1) is 6.58 Å². The zero-order valence-electron chi connectivity index (χ0n) is 23.7. The highest BCUT2D eigenvalue weighted by Crippen LogP contribution is 2.21. The lowest BCUT2D eigenvalue weighted by molar-refractivity contribution is -0.384. The molecule has 1 aromatic heterocycles. The van der Waals surface area contributed by atoms with Crippen molar-refractivity contribution in [1.82, 2.24) is 25.1 Å². The maximum Gasteiger partial charge on any atom is 0.269 e. The van der Waals surface area contributed by atoms with E-state index in [4.69, 9.17) is 12.2 Å². The molecule has 0 saturated carbocycles. The fourth-order valence-electron chi connectivity index (χ4n) is 4.95. The molecule has 0 radical (unpaired) electrons. The Morgan fingerprint density at radius 2 is 1.93 bits per heavy atom. The van der Waals surface area contributed by atoms with Gasteiger partial charge in [0.1, 0.15) is 0 Å². The van der Waals surface area contributed by atoms with E-state index in [9.17, 15) is 14.9 Å². The first-order valence-electron chi connectivity index (χ1n) is 14.0. The lowest BCUT2D eigenvalue weighted by Crippen LogP contribution is -2.48. The van der Waals surface area contributed by atoms with E-state index in [1.165, 1.54) is 22.9 Å². The highest BCUT2D eigenvalue weighted by Gasteiger charge is 2.20. The number of imidazole rings is 1. The number of carbonyl (C=O) groups excluding carboxylic acids is 1. The van der Waals surface area contributed by atoms with Crippen molar-refractivity contribution < 1.29 is 9.72 Å². The third kappa shape index (κ3) is 8.23. The summed E-state index contributed by atoms with van der Waals surface area (Å²) in [5, 5.41) is 20.4. The van der Waals surface area contributed by atoms with Crippen molar-refractivity contribution >= 4 is 39.7 Å². The molecule has 10 heteroatoms. The van der Waals surface area contributed by atoms with Gasteiger partial charge in [-0.1, -0.05) is 74.0 Å². The monoisotopic (exact) mass is 584 g/mol. The van der Waals surface area contributed by atoms with Gasteiger partial charge in [-0.2, -0.15) is 0 Å². The second-order valence-corrected chi connectivity index (χ2v) is 10.5. The largest absolute Gasteiger partial charge is 0.359 e. The number of benzene rings is 3. The number of fused-ring (bicyclic) bond motifs is 1. The van der Waals surface area contributed by atoms with Crippen LogP contribution in [0.4, 0.5) is 5.69 Å². The number of hydrogen-bond donors (Lipinski definition) is 2. The molecule has 3 aromatic carbocycles. The number of aromatic nitrogens is 2. The number of nitrogens with one attached hydrogen (secondary N) is 2. The Bertz CT molecular complexity index is 1530. The van der Waals surface area contributed by atoms with Gasteiger partial charge in [0.15, 0.2) is 5.11 Å². The van der Waals surface area contributed by atoms with Gasteiger partial charge in [-0.3, -0.25) is 14.9 Å². The van der Waals surface area contributed by atoms with Gasteiger partial charge in [0.2, 0.25) is 5.91 Å². The van der Waals surface area contributed by atoms with E-state index in [1.807, 2.05) is 16.7 Å². The number of carbonyl (C=O) groups is 1. The average molecular weight is 585 g/mol. The molecular weight excluding hydrogens is 548 g/mol. The maximum atomic E-state index is 13.3. The Hall–Kier alpha value is -4.57. The van der Waals surface area contributed by atoms with Crippen LogP contribution in [0.25, 0.3) is 10.8 Å². The van der Waals surface area contributed by atoms with Gasteiger partial charge in [0.25, 0.3) is 5.69 Å². The van der Waals surface area contributed by atoms with Crippen molar-refractivity contribution in [2.75, 3.05) is 13.1 Å². The number of non-ortho nitro benzene ring substituents is 1. The van der Waals surface area contributed by atoms with Crippen LogP contribution in [-0.2, 0) is 24.3 Å². The quantitative estimate of drug-likeness (QED) is 0.0887. The fraction of sp³-hybridized carbons (Fsp3) is 0.281. The molecule has 0 unspecified atom stereocenters. The zero-order valence-corrected chi connectivity index (χ0v) is 24.6. The SMILES string of the molecule is C=CCNC(=S)N(Cc1cccc2ccccc12)C[C@H](CCC)NC(=O)Cc1cncn1Cc1ccc([N+](=O)[O-])cc1. The first-order valence-corrected chi connectivity index (χ1v) is 14.4. The van der Waals surface area contributed by atoms with Crippen molar-refractivity contribution in [3.63, 3.8) is 0 Å². The molecule has 218 valence electrons. The average Bonchev–Trinajstić information content (AvgIpc) is 3.41. The summed E-state index contributed by atoms with van der Waals surface area (Å²) in [6.45, 7) is 8.05. The van der Waals surface area contributed by atoms with Crippen molar-refractivity contribution in [2.24, 2.45) is 0 Å². The molecule has 1 heterocycles. The molecule has 0 saturated heterocycles. The Kier molecular flexibility index (Phi) is 10.8. The number of amides is 1. The number of thiocarbonyl (C=S) groups is 1.